The maximum absolute atomic E-state index is 13.6. The Bertz CT molecular complexity index is 638. The van der Waals surface area contributed by atoms with Crippen LogP contribution >= 0.6 is 0 Å². The van der Waals surface area contributed by atoms with Crippen LogP contribution in [0.1, 0.15) is 26.2 Å². The van der Waals surface area contributed by atoms with E-state index in [2.05, 4.69) is 49.0 Å². The van der Waals surface area contributed by atoms with Gasteiger partial charge in [0.05, 0.1) is 24.4 Å². The summed E-state index contributed by atoms with van der Waals surface area (Å²) in [5.74, 6) is 0.0173. The Morgan fingerprint density at radius 1 is 1.12 bits per heavy atom. The molecule has 190 valence electrons. The molecule has 0 spiro atoms. The minimum atomic E-state index is -0.851. The monoisotopic (exact) mass is 470 g/mol. The first-order valence-electron chi connectivity index (χ1n) is 12.6. The number of halogens is 1. The van der Waals surface area contributed by atoms with E-state index in [-0.39, 0.29) is 48.5 Å². The van der Waals surface area contributed by atoms with Crippen molar-refractivity contribution in [3.8, 4) is 0 Å². The predicted octanol–water partition coefficient (Wildman–Crippen LogP) is -1.92. The van der Waals surface area contributed by atoms with E-state index >= 15 is 0 Å². The summed E-state index contributed by atoms with van der Waals surface area (Å²) >= 11 is 0. The third-order valence-corrected chi connectivity index (χ3v) is 7.82. The first-order valence-corrected chi connectivity index (χ1v) is 12.6. The van der Waals surface area contributed by atoms with Gasteiger partial charge in [-0.2, -0.15) is 0 Å². The Balaban J connectivity index is 1.45. The molecule has 1 saturated carbocycles. The number of carbonyl (C=O) groups excluding carboxylic acids is 1. The van der Waals surface area contributed by atoms with Crippen molar-refractivity contribution in [3.63, 3.8) is 0 Å². The molecule has 3 heterocycles. The van der Waals surface area contributed by atoms with Crippen LogP contribution in [0, 0.1) is 11.8 Å². The second-order valence-corrected chi connectivity index (χ2v) is 9.93. The van der Waals surface area contributed by atoms with Crippen molar-refractivity contribution in [2.45, 2.75) is 69.2 Å². The van der Waals surface area contributed by atoms with Crippen LogP contribution < -0.4 is 37.2 Å². The normalized spacial score (nSPS) is 43.2. The molecule has 4 rings (SSSR count). The number of nitrogens with zero attached hydrogens (tertiary/aromatic N) is 1. The van der Waals surface area contributed by atoms with Gasteiger partial charge in [-0.1, -0.05) is 6.42 Å². The molecule has 0 bridgehead atoms. The Kier molecular flexibility index (Phi) is 8.91. The van der Waals surface area contributed by atoms with Crippen molar-refractivity contribution in [3.05, 3.63) is 0 Å². The fraction of sp³-hybridized carbons (Fsp3) is 0.955. The van der Waals surface area contributed by atoms with Gasteiger partial charge in [-0.3, -0.25) is 36.3 Å². The van der Waals surface area contributed by atoms with Gasteiger partial charge in [0.15, 0.2) is 0 Å². The van der Waals surface area contributed by atoms with E-state index in [1.165, 1.54) is 0 Å². The lowest BCUT2D eigenvalue weighted by molar-refractivity contribution is -0.128. The average molecular weight is 471 g/mol. The van der Waals surface area contributed by atoms with E-state index in [9.17, 15) is 9.18 Å². The largest absolute Gasteiger partial charge is 0.379 e. The minimum absolute atomic E-state index is 0.00375. The number of rotatable bonds is 6. The number of ether oxygens (including phenoxy) is 1. The lowest BCUT2D eigenvalue weighted by atomic mass is 9.80. The molecule has 1 aliphatic carbocycles. The van der Waals surface area contributed by atoms with E-state index < -0.39 is 6.17 Å². The Hall–Kier alpha value is -0.920. The van der Waals surface area contributed by atoms with Crippen molar-refractivity contribution in [1.29, 1.82) is 0 Å². The van der Waals surface area contributed by atoms with Crippen LogP contribution in [-0.2, 0) is 9.53 Å². The van der Waals surface area contributed by atoms with E-state index in [0.29, 0.717) is 25.7 Å². The van der Waals surface area contributed by atoms with Gasteiger partial charge in [-0.05, 0) is 19.8 Å². The predicted molar refractivity (Wildman–Crippen MR) is 125 cm³/mol. The van der Waals surface area contributed by atoms with E-state index in [1.807, 2.05) is 0 Å². The van der Waals surface area contributed by atoms with Gasteiger partial charge in [-0.15, -0.1) is 0 Å². The molecular weight excluding hydrogens is 427 g/mol. The van der Waals surface area contributed by atoms with Gasteiger partial charge in [0.25, 0.3) is 0 Å². The van der Waals surface area contributed by atoms with Crippen LogP contribution in [0.2, 0.25) is 0 Å². The summed E-state index contributed by atoms with van der Waals surface area (Å²) in [6.07, 6.45) is 2.05. The summed E-state index contributed by atoms with van der Waals surface area (Å²) in [5.41, 5.74) is 0. The molecule has 11 heteroatoms. The quantitative estimate of drug-likeness (QED) is 0.239. The Morgan fingerprint density at radius 3 is 2.61 bits per heavy atom. The van der Waals surface area contributed by atoms with Gasteiger partial charge >= 0.3 is 0 Å². The van der Waals surface area contributed by atoms with Gasteiger partial charge in [0, 0.05) is 71.4 Å². The highest BCUT2D eigenvalue weighted by molar-refractivity contribution is 5.79. The first kappa shape index (κ1) is 25.2. The third kappa shape index (κ3) is 5.84. The van der Waals surface area contributed by atoms with Crippen molar-refractivity contribution >= 4 is 5.91 Å². The number of piperazine rings is 1. The third-order valence-electron chi connectivity index (χ3n) is 7.82. The van der Waals surface area contributed by atoms with E-state index in [4.69, 9.17) is 4.74 Å². The maximum Gasteiger partial charge on any atom is 0.227 e. The number of hydrogen-bond acceptors (Lipinski definition) is 9. The molecule has 10 nitrogen and oxygen atoms in total. The van der Waals surface area contributed by atoms with Crippen molar-refractivity contribution in [2.75, 3.05) is 53.4 Å². The molecule has 0 aromatic rings. The summed E-state index contributed by atoms with van der Waals surface area (Å²) in [4.78, 5) is 15.1. The topological polar surface area (TPSA) is 114 Å². The molecule has 3 aliphatic heterocycles. The van der Waals surface area contributed by atoms with Crippen LogP contribution in [0.4, 0.5) is 4.39 Å². The summed E-state index contributed by atoms with van der Waals surface area (Å²) in [6, 6.07) is 0.499. The zero-order valence-corrected chi connectivity index (χ0v) is 20.2. The Labute approximate surface area is 196 Å². The van der Waals surface area contributed by atoms with Crippen LogP contribution in [0.3, 0.4) is 0 Å². The number of hydrogen-bond donors (Lipinski definition) is 7. The van der Waals surface area contributed by atoms with Crippen molar-refractivity contribution < 1.29 is 13.9 Å². The molecule has 4 aliphatic rings. The molecule has 7 N–H and O–H groups in total. The van der Waals surface area contributed by atoms with Gasteiger partial charge < -0.3 is 15.4 Å². The Morgan fingerprint density at radius 2 is 1.91 bits per heavy atom. The van der Waals surface area contributed by atoms with E-state index in [1.54, 1.807) is 14.2 Å². The molecule has 0 radical (unpaired) electrons. The number of methoxy groups -OCH3 is 1. The van der Waals surface area contributed by atoms with Crippen LogP contribution in [0.25, 0.3) is 0 Å². The molecule has 4 fully saturated rings. The number of nitrogens with one attached hydrogen (secondary N) is 7. The summed E-state index contributed by atoms with van der Waals surface area (Å²) in [7, 11) is 3.45. The zero-order valence-electron chi connectivity index (χ0n) is 20.2. The molecule has 0 aromatic carbocycles. The van der Waals surface area contributed by atoms with Crippen molar-refractivity contribution in [1.82, 2.24) is 42.1 Å². The second-order valence-electron chi connectivity index (χ2n) is 9.93. The zero-order chi connectivity index (χ0) is 23.4. The molecule has 3 saturated heterocycles. The summed E-state index contributed by atoms with van der Waals surface area (Å²) < 4.78 is 19.7. The first-order chi connectivity index (χ1) is 16.0. The highest BCUT2D eigenvalue weighted by Gasteiger charge is 2.43. The van der Waals surface area contributed by atoms with E-state index in [0.717, 1.165) is 38.9 Å². The minimum Gasteiger partial charge on any atom is -0.379 e. The van der Waals surface area contributed by atoms with Crippen LogP contribution in [-0.4, -0.2) is 107 Å². The SMILES string of the molecule is CNC(=O)C1CNC(N2CCNCC2C)NC1NC1CCCC(C2NCC(F)CN2)C1OC. The highest BCUT2D eigenvalue weighted by atomic mass is 19.1. The molecule has 7 atom stereocenters. The van der Waals surface area contributed by atoms with Gasteiger partial charge in [0.2, 0.25) is 5.91 Å². The molecule has 0 aromatic heterocycles. The number of carbonyl (C=O) groups is 1. The highest BCUT2D eigenvalue weighted by Crippen LogP contribution is 2.30. The number of amides is 1. The summed E-state index contributed by atoms with van der Waals surface area (Å²) in [5, 5.41) is 23.9. The number of alkyl halides is 1. The van der Waals surface area contributed by atoms with Crippen LogP contribution in [0.5, 0.6) is 0 Å². The smallest absolute Gasteiger partial charge is 0.227 e. The maximum atomic E-state index is 13.6. The van der Waals surface area contributed by atoms with Crippen molar-refractivity contribution in [2.24, 2.45) is 11.8 Å². The lowest BCUT2D eigenvalue weighted by Crippen LogP contribution is -2.74. The van der Waals surface area contributed by atoms with Crippen LogP contribution in [0.15, 0.2) is 0 Å². The second kappa shape index (κ2) is 11.7. The fourth-order valence-corrected chi connectivity index (χ4v) is 6.01. The average Bonchev–Trinajstić information content (AvgIpc) is 2.84. The molecule has 7 unspecified atom stereocenters. The standard InChI is InChI=1S/C22H43FN8O2/c1-13-9-25-7-8-31(13)22-28-12-16(21(32)24-2)20(30-22)29-17-6-4-5-15(18(17)33-3)19-26-10-14(23)11-27-19/h13-20,22,25-30H,4-12H2,1-3H3,(H,24,32). The summed E-state index contributed by atoms with van der Waals surface area (Å²) in [6.45, 7) is 6.44. The molecule has 1 amide bonds. The van der Waals surface area contributed by atoms with Gasteiger partial charge in [-0.25, -0.2) is 4.39 Å². The fourth-order valence-electron chi connectivity index (χ4n) is 6.01. The van der Waals surface area contributed by atoms with Gasteiger partial charge in [0.1, 0.15) is 12.5 Å². The molecular formula is C22H43FN8O2. The molecule has 33 heavy (non-hydrogen) atoms. The lowest BCUT2D eigenvalue weighted by Gasteiger charge is -2.49.